The van der Waals surface area contributed by atoms with Gasteiger partial charge in [-0.2, -0.15) is 0 Å². The summed E-state index contributed by atoms with van der Waals surface area (Å²) in [6, 6.07) is 10.4. The van der Waals surface area contributed by atoms with Crippen LogP contribution in [0.3, 0.4) is 0 Å². The van der Waals surface area contributed by atoms with Gasteiger partial charge in [-0.15, -0.1) is 0 Å². The Morgan fingerprint density at radius 1 is 1.33 bits per heavy atom. The van der Waals surface area contributed by atoms with Crippen LogP contribution in [0.5, 0.6) is 0 Å². The molecule has 1 N–H and O–H groups in total. The maximum atomic E-state index is 10.9. The smallest absolute Gasteiger partial charge is 0.216 e. The fraction of sp³-hybridized carbons (Fsp3) is 0.389. The number of nitrogens with one attached hydrogen (secondary N) is 1. The molecule has 1 aromatic rings. The third kappa shape index (κ3) is 5.96. The average Bonchev–Trinajstić information content (AvgIpc) is 2.48. The van der Waals surface area contributed by atoms with Crippen LogP contribution in [-0.4, -0.2) is 37.0 Å². The summed E-state index contributed by atoms with van der Waals surface area (Å²) in [4.78, 5) is 13.3. The first-order chi connectivity index (χ1) is 10.2. The molecule has 0 aromatic heterocycles. The molecule has 0 radical (unpaired) electrons. The fourth-order valence-electron chi connectivity index (χ4n) is 2.52. The van der Waals surface area contributed by atoms with Crippen molar-refractivity contribution in [3.8, 4) is 0 Å². The molecule has 0 aliphatic carbocycles. The average molecular weight is 284 g/mol. The van der Waals surface area contributed by atoms with Crippen LogP contribution >= 0.6 is 0 Å². The fourth-order valence-corrected chi connectivity index (χ4v) is 2.52. The van der Waals surface area contributed by atoms with Crippen molar-refractivity contribution in [1.82, 2.24) is 10.2 Å². The van der Waals surface area contributed by atoms with Crippen molar-refractivity contribution in [1.29, 1.82) is 0 Å². The quantitative estimate of drug-likeness (QED) is 0.815. The first kappa shape index (κ1) is 15.5. The number of hydrogen-bond acceptors (Lipinski definition) is 2. The summed E-state index contributed by atoms with van der Waals surface area (Å²) in [6.07, 6.45) is 8.79. The summed E-state index contributed by atoms with van der Waals surface area (Å²) in [5, 5.41) is 2.86. The predicted octanol–water partition coefficient (Wildman–Crippen LogP) is 2.86. The van der Waals surface area contributed by atoms with Gasteiger partial charge in [-0.25, -0.2) is 0 Å². The molecule has 0 saturated carbocycles. The lowest BCUT2D eigenvalue weighted by atomic mass is 10.1. The number of rotatable bonds is 6. The largest absolute Gasteiger partial charge is 0.356 e. The Balaban J connectivity index is 1.74. The van der Waals surface area contributed by atoms with Gasteiger partial charge in [0.15, 0.2) is 0 Å². The Hall–Kier alpha value is -1.87. The van der Waals surface area contributed by atoms with Crippen LogP contribution < -0.4 is 5.32 Å². The first-order valence-electron chi connectivity index (χ1n) is 7.60. The van der Waals surface area contributed by atoms with Gasteiger partial charge in [0.1, 0.15) is 0 Å². The Morgan fingerprint density at radius 3 is 2.90 bits per heavy atom. The maximum Gasteiger partial charge on any atom is 0.216 e. The minimum atomic E-state index is 0.0501. The summed E-state index contributed by atoms with van der Waals surface area (Å²) in [7, 11) is 0. The number of amides is 1. The van der Waals surface area contributed by atoms with Gasteiger partial charge in [-0.3, -0.25) is 9.69 Å². The zero-order chi connectivity index (χ0) is 14.9. The van der Waals surface area contributed by atoms with Crippen molar-refractivity contribution in [2.75, 3.05) is 26.2 Å². The van der Waals surface area contributed by atoms with Crippen LogP contribution in [0.2, 0.25) is 0 Å². The maximum absolute atomic E-state index is 10.9. The molecule has 1 aliphatic rings. The molecule has 0 saturated heterocycles. The Bertz CT molecular complexity index is 505. The van der Waals surface area contributed by atoms with Crippen molar-refractivity contribution in [3.63, 3.8) is 0 Å². The predicted molar refractivity (Wildman–Crippen MR) is 87.9 cm³/mol. The van der Waals surface area contributed by atoms with E-state index in [1.54, 1.807) is 6.92 Å². The van der Waals surface area contributed by atoms with E-state index < -0.39 is 0 Å². The molecule has 1 amide bonds. The van der Waals surface area contributed by atoms with Gasteiger partial charge in [0.2, 0.25) is 5.91 Å². The van der Waals surface area contributed by atoms with E-state index >= 15 is 0 Å². The van der Waals surface area contributed by atoms with Gasteiger partial charge < -0.3 is 5.32 Å². The molecule has 1 heterocycles. The van der Waals surface area contributed by atoms with Crippen molar-refractivity contribution < 1.29 is 4.79 Å². The third-order valence-electron chi connectivity index (χ3n) is 3.60. The molecule has 3 heteroatoms. The van der Waals surface area contributed by atoms with Crippen LogP contribution in [0.25, 0.3) is 6.08 Å². The molecular weight excluding hydrogens is 260 g/mol. The molecule has 112 valence electrons. The monoisotopic (exact) mass is 284 g/mol. The highest BCUT2D eigenvalue weighted by molar-refractivity contribution is 5.72. The number of hydrogen-bond donors (Lipinski definition) is 1. The zero-order valence-corrected chi connectivity index (χ0v) is 12.7. The highest BCUT2D eigenvalue weighted by atomic mass is 16.1. The molecule has 0 bridgehead atoms. The zero-order valence-electron chi connectivity index (χ0n) is 12.7. The van der Waals surface area contributed by atoms with Crippen LogP contribution in [0, 0.1) is 0 Å². The topological polar surface area (TPSA) is 32.3 Å². The van der Waals surface area contributed by atoms with Gasteiger partial charge in [-0.1, -0.05) is 54.1 Å². The second-order valence-corrected chi connectivity index (χ2v) is 5.43. The lowest BCUT2D eigenvalue weighted by molar-refractivity contribution is -0.118. The van der Waals surface area contributed by atoms with E-state index in [1.165, 1.54) is 11.1 Å². The van der Waals surface area contributed by atoms with Crippen LogP contribution in [-0.2, 0) is 4.79 Å². The molecule has 0 atom stereocenters. The van der Waals surface area contributed by atoms with Crippen LogP contribution in [0.4, 0.5) is 0 Å². The molecule has 2 rings (SSSR count). The van der Waals surface area contributed by atoms with E-state index in [1.807, 2.05) is 6.07 Å². The number of carbonyl (C=O) groups is 1. The molecule has 1 aliphatic heterocycles. The molecule has 0 fully saturated rings. The van der Waals surface area contributed by atoms with Gasteiger partial charge >= 0.3 is 0 Å². The molecule has 21 heavy (non-hydrogen) atoms. The molecule has 3 nitrogen and oxygen atoms in total. The molecular formula is C18H24N2O. The summed E-state index contributed by atoms with van der Waals surface area (Å²) < 4.78 is 0. The highest BCUT2D eigenvalue weighted by Crippen LogP contribution is 2.12. The molecule has 1 aromatic carbocycles. The van der Waals surface area contributed by atoms with E-state index in [0.717, 1.165) is 39.0 Å². The Labute approximate surface area is 127 Å². The number of nitrogens with zero attached hydrogens (tertiary/aromatic N) is 1. The first-order valence-corrected chi connectivity index (χ1v) is 7.60. The van der Waals surface area contributed by atoms with Crippen molar-refractivity contribution in [3.05, 3.63) is 53.6 Å². The summed E-state index contributed by atoms with van der Waals surface area (Å²) in [5.74, 6) is 0.0501. The minimum Gasteiger partial charge on any atom is -0.356 e. The van der Waals surface area contributed by atoms with E-state index in [2.05, 4.69) is 52.7 Å². The minimum absolute atomic E-state index is 0.0501. The highest BCUT2D eigenvalue weighted by Gasteiger charge is 2.10. The standard InChI is InChI=1S/C18H24N2O/c1-16(21)19-12-11-18-10-6-14-20(15-18)13-5-9-17-7-3-2-4-8-17/h2-5,7-10H,6,11-15H2,1H3,(H,19,21)/b9-5+. The van der Waals surface area contributed by atoms with E-state index in [0.29, 0.717) is 0 Å². The van der Waals surface area contributed by atoms with Crippen molar-refractivity contribution in [2.24, 2.45) is 0 Å². The second kappa shape index (κ2) is 8.42. The molecule has 0 unspecified atom stereocenters. The van der Waals surface area contributed by atoms with Gasteiger partial charge in [0.25, 0.3) is 0 Å². The van der Waals surface area contributed by atoms with Crippen LogP contribution in [0.15, 0.2) is 48.1 Å². The van der Waals surface area contributed by atoms with E-state index in [9.17, 15) is 4.79 Å². The normalized spacial score (nSPS) is 16.0. The van der Waals surface area contributed by atoms with Crippen molar-refractivity contribution in [2.45, 2.75) is 19.8 Å². The SMILES string of the molecule is CC(=O)NCCC1=CCCN(C/C=C/c2ccccc2)C1. The summed E-state index contributed by atoms with van der Waals surface area (Å²) >= 11 is 0. The molecule has 0 spiro atoms. The number of carbonyl (C=O) groups excluding carboxylic acids is 1. The lowest BCUT2D eigenvalue weighted by Crippen LogP contribution is -2.31. The second-order valence-electron chi connectivity index (χ2n) is 5.43. The van der Waals surface area contributed by atoms with Gasteiger partial charge in [-0.05, 0) is 18.4 Å². The summed E-state index contributed by atoms with van der Waals surface area (Å²) in [5.41, 5.74) is 2.68. The Kier molecular flexibility index (Phi) is 6.22. The van der Waals surface area contributed by atoms with Crippen molar-refractivity contribution >= 4 is 12.0 Å². The van der Waals surface area contributed by atoms with E-state index in [4.69, 9.17) is 0 Å². The summed E-state index contributed by atoms with van der Waals surface area (Å²) in [6.45, 7) is 5.42. The van der Waals surface area contributed by atoms with Gasteiger partial charge in [0.05, 0.1) is 0 Å². The Morgan fingerprint density at radius 2 is 2.14 bits per heavy atom. The van der Waals surface area contributed by atoms with Gasteiger partial charge in [0, 0.05) is 33.1 Å². The lowest BCUT2D eigenvalue weighted by Gasteiger charge is -2.26. The third-order valence-corrected chi connectivity index (χ3v) is 3.60. The van der Waals surface area contributed by atoms with E-state index in [-0.39, 0.29) is 5.91 Å². The van der Waals surface area contributed by atoms with Crippen LogP contribution in [0.1, 0.15) is 25.3 Å². The number of benzene rings is 1.